The summed E-state index contributed by atoms with van der Waals surface area (Å²) in [6.45, 7) is 1.44. The number of methoxy groups -OCH3 is 2. The minimum atomic E-state index is -1.42. The van der Waals surface area contributed by atoms with Gasteiger partial charge < -0.3 is 20.5 Å². The van der Waals surface area contributed by atoms with Crippen LogP contribution in [0.4, 0.5) is 0 Å². The van der Waals surface area contributed by atoms with Gasteiger partial charge in [0, 0.05) is 11.5 Å². The highest BCUT2D eigenvalue weighted by molar-refractivity contribution is 5.99. The lowest BCUT2D eigenvalue weighted by Gasteiger charge is -2.26. The van der Waals surface area contributed by atoms with E-state index in [4.69, 9.17) is 5.73 Å². The monoisotopic (exact) mass is 412 g/mol. The Labute approximate surface area is 174 Å². The van der Waals surface area contributed by atoms with E-state index in [0.717, 1.165) is 25.3 Å². The SMILES string of the molecule is COC(=O)C(C(=O)OC)[C@H](C)[C@@H](NC(=O)c1ccc(-c2ccccc2)cc1)C(N)=O. The molecule has 3 N–H and O–H groups in total. The fraction of sp³-hybridized carbons (Fsp3) is 0.273. The van der Waals surface area contributed by atoms with Gasteiger partial charge in [-0.05, 0) is 23.3 Å². The summed E-state index contributed by atoms with van der Waals surface area (Å²) in [7, 11) is 2.22. The number of ether oxygens (including phenoxy) is 2. The molecule has 2 aromatic rings. The summed E-state index contributed by atoms with van der Waals surface area (Å²) in [4.78, 5) is 48.7. The van der Waals surface area contributed by atoms with Crippen LogP contribution in [0.3, 0.4) is 0 Å². The highest BCUT2D eigenvalue weighted by Gasteiger charge is 2.41. The average molecular weight is 412 g/mol. The Morgan fingerprint density at radius 1 is 0.833 bits per heavy atom. The zero-order valence-corrected chi connectivity index (χ0v) is 17.0. The van der Waals surface area contributed by atoms with E-state index in [-0.39, 0.29) is 0 Å². The topological polar surface area (TPSA) is 125 Å². The predicted octanol–water partition coefficient (Wildman–Crippen LogP) is 1.54. The molecule has 0 saturated carbocycles. The summed E-state index contributed by atoms with van der Waals surface area (Å²) >= 11 is 0. The first-order valence-electron chi connectivity index (χ1n) is 9.21. The molecule has 0 saturated heterocycles. The van der Waals surface area contributed by atoms with Crippen LogP contribution in [-0.2, 0) is 23.9 Å². The number of benzene rings is 2. The van der Waals surface area contributed by atoms with Gasteiger partial charge >= 0.3 is 11.9 Å². The minimum absolute atomic E-state index is 0.292. The summed E-state index contributed by atoms with van der Waals surface area (Å²) in [6.07, 6.45) is 0. The summed E-state index contributed by atoms with van der Waals surface area (Å²) in [5.74, 6) is -5.65. The number of esters is 2. The summed E-state index contributed by atoms with van der Waals surface area (Å²) in [5, 5.41) is 2.50. The first-order chi connectivity index (χ1) is 14.3. The van der Waals surface area contributed by atoms with Gasteiger partial charge in [-0.15, -0.1) is 0 Å². The van der Waals surface area contributed by atoms with Gasteiger partial charge in [-0.3, -0.25) is 19.2 Å². The van der Waals surface area contributed by atoms with Crippen LogP contribution in [0, 0.1) is 11.8 Å². The van der Waals surface area contributed by atoms with Crippen LogP contribution in [-0.4, -0.2) is 44.0 Å². The molecule has 0 bridgehead atoms. The lowest BCUT2D eigenvalue weighted by molar-refractivity contribution is -0.161. The molecule has 8 heteroatoms. The number of nitrogens with one attached hydrogen (secondary N) is 1. The molecule has 2 atom stereocenters. The smallest absolute Gasteiger partial charge is 0.320 e. The molecule has 158 valence electrons. The lowest BCUT2D eigenvalue weighted by Crippen LogP contribution is -2.52. The van der Waals surface area contributed by atoms with Gasteiger partial charge in [0.05, 0.1) is 14.2 Å². The third-order valence-electron chi connectivity index (χ3n) is 4.81. The summed E-state index contributed by atoms with van der Waals surface area (Å²) < 4.78 is 9.25. The number of nitrogens with two attached hydrogens (primary N) is 1. The number of hydrogen-bond donors (Lipinski definition) is 2. The molecule has 30 heavy (non-hydrogen) atoms. The fourth-order valence-electron chi connectivity index (χ4n) is 3.10. The Morgan fingerprint density at radius 3 is 1.80 bits per heavy atom. The second kappa shape index (κ2) is 10.2. The van der Waals surface area contributed by atoms with Crippen LogP contribution < -0.4 is 11.1 Å². The summed E-state index contributed by atoms with van der Waals surface area (Å²) in [5.41, 5.74) is 7.63. The van der Waals surface area contributed by atoms with Gasteiger partial charge in [0.1, 0.15) is 6.04 Å². The Bertz CT molecular complexity index is 895. The predicted molar refractivity (Wildman–Crippen MR) is 109 cm³/mol. The van der Waals surface area contributed by atoms with E-state index < -0.39 is 41.6 Å². The van der Waals surface area contributed by atoms with Gasteiger partial charge in [-0.25, -0.2) is 0 Å². The van der Waals surface area contributed by atoms with Crippen LogP contribution in [0.15, 0.2) is 54.6 Å². The molecule has 0 aliphatic rings. The van der Waals surface area contributed by atoms with Gasteiger partial charge in [-0.2, -0.15) is 0 Å². The Balaban J connectivity index is 2.21. The van der Waals surface area contributed by atoms with Crippen molar-refractivity contribution < 1.29 is 28.7 Å². The molecule has 2 rings (SSSR count). The van der Waals surface area contributed by atoms with Crippen LogP contribution in [0.2, 0.25) is 0 Å². The van der Waals surface area contributed by atoms with Crippen molar-refractivity contribution in [1.82, 2.24) is 5.32 Å². The third kappa shape index (κ3) is 5.22. The summed E-state index contributed by atoms with van der Waals surface area (Å²) in [6, 6.07) is 15.1. The van der Waals surface area contributed by atoms with Crippen molar-refractivity contribution in [2.24, 2.45) is 17.6 Å². The van der Waals surface area contributed by atoms with Crippen molar-refractivity contribution in [2.75, 3.05) is 14.2 Å². The second-order valence-electron chi connectivity index (χ2n) is 6.68. The molecule has 0 unspecified atom stereocenters. The molecular formula is C22H24N2O6. The molecule has 2 amide bonds. The molecule has 0 heterocycles. The number of rotatable bonds is 8. The number of carbonyl (C=O) groups is 4. The van der Waals surface area contributed by atoms with Gasteiger partial charge in [0.15, 0.2) is 5.92 Å². The van der Waals surface area contributed by atoms with E-state index in [1.165, 1.54) is 6.92 Å². The van der Waals surface area contributed by atoms with Gasteiger partial charge in [0.25, 0.3) is 5.91 Å². The van der Waals surface area contributed by atoms with Crippen molar-refractivity contribution in [3.05, 3.63) is 60.2 Å². The van der Waals surface area contributed by atoms with Crippen LogP contribution >= 0.6 is 0 Å². The van der Waals surface area contributed by atoms with E-state index in [2.05, 4.69) is 14.8 Å². The van der Waals surface area contributed by atoms with E-state index >= 15 is 0 Å². The molecule has 0 aliphatic heterocycles. The average Bonchev–Trinajstić information content (AvgIpc) is 2.77. The number of primary amides is 1. The molecule has 0 aromatic heterocycles. The van der Waals surface area contributed by atoms with E-state index in [9.17, 15) is 19.2 Å². The van der Waals surface area contributed by atoms with Crippen LogP contribution in [0.5, 0.6) is 0 Å². The Kier molecular flexibility index (Phi) is 7.69. The Hall–Kier alpha value is -3.68. The van der Waals surface area contributed by atoms with Crippen molar-refractivity contribution in [1.29, 1.82) is 0 Å². The second-order valence-corrected chi connectivity index (χ2v) is 6.68. The zero-order chi connectivity index (χ0) is 22.3. The molecular weight excluding hydrogens is 388 g/mol. The number of hydrogen-bond acceptors (Lipinski definition) is 6. The Morgan fingerprint density at radius 2 is 1.33 bits per heavy atom. The standard InChI is InChI=1S/C22H24N2O6/c1-13(17(21(27)29-2)22(28)30-3)18(19(23)25)24-20(26)16-11-9-15(10-12-16)14-7-5-4-6-8-14/h4-13,17-18H,1-3H3,(H2,23,25)(H,24,26)/t13-,18+/m0/s1. The minimum Gasteiger partial charge on any atom is -0.468 e. The van der Waals surface area contributed by atoms with Gasteiger partial charge in [0.2, 0.25) is 5.91 Å². The molecule has 0 fully saturated rings. The molecule has 0 aliphatic carbocycles. The normalized spacial score (nSPS) is 12.5. The van der Waals surface area contributed by atoms with Crippen molar-refractivity contribution >= 4 is 23.8 Å². The van der Waals surface area contributed by atoms with Crippen LogP contribution in [0.1, 0.15) is 17.3 Å². The quantitative estimate of drug-likeness (QED) is 0.500. The van der Waals surface area contributed by atoms with Crippen molar-refractivity contribution in [3.63, 3.8) is 0 Å². The first-order valence-corrected chi connectivity index (χ1v) is 9.21. The van der Waals surface area contributed by atoms with Crippen molar-refractivity contribution in [3.8, 4) is 11.1 Å². The fourth-order valence-corrected chi connectivity index (χ4v) is 3.10. The largest absolute Gasteiger partial charge is 0.468 e. The maximum Gasteiger partial charge on any atom is 0.320 e. The third-order valence-corrected chi connectivity index (χ3v) is 4.81. The molecule has 2 aromatic carbocycles. The number of carbonyl (C=O) groups excluding carboxylic acids is 4. The van der Waals surface area contributed by atoms with Gasteiger partial charge in [-0.1, -0.05) is 49.4 Å². The number of amides is 2. The molecule has 0 spiro atoms. The van der Waals surface area contributed by atoms with Crippen molar-refractivity contribution in [2.45, 2.75) is 13.0 Å². The van der Waals surface area contributed by atoms with E-state index in [1.54, 1.807) is 24.3 Å². The maximum atomic E-state index is 12.7. The lowest BCUT2D eigenvalue weighted by atomic mass is 9.86. The van der Waals surface area contributed by atoms with E-state index in [0.29, 0.717) is 5.56 Å². The maximum absolute atomic E-state index is 12.7. The first kappa shape index (κ1) is 22.6. The molecule has 0 radical (unpaired) electrons. The van der Waals surface area contributed by atoms with E-state index in [1.807, 2.05) is 30.3 Å². The zero-order valence-electron chi connectivity index (χ0n) is 17.0. The molecule has 8 nitrogen and oxygen atoms in total. The highest BCUT2D eigenvalue weighted by atomic mass is 16.5. The van der Waals surface area contributed by atoms with Crippen LogP contribution in [0.25, 0.3) is 11.1 Å². The highest BCUT2D eigenvalue weighted by Crippen LogP contribution is 2.21.